The molecule has 2 fully saturated rings. The second kappa shape index (κ2) is 4.84. The van der Waals surface area contributed by atoms with Gasteiger partial charge < -0.3 is 10.6 Å². The van der Waals surface area contributed by atoms with E-state index in [1.807, 2.05) is 0 Å². The van der Waals surface area contributed by atoms with Crippen LogP contribution in [0.4, 0.5) is 0 Å². The number of likely N-dealkylation sites (tertiary alicyclic amines) is 1. The van der Waals surface area contributed by atoms with Crippen molar-refractivity contribution in [2.75, 3.05) is 19.6 Å². The quantitative estimate of drug-likeness (QED) is 0.820. The van der Waals surface area contributed by atoms with Crippen LogP contribution in [0.25, 0.3) is 0 Å². The van der Waals surface area contributed by atoms with E-state index in [1.165, 1.54) is 6.42 Å². The number of rotatable bonds is 2. The summed E-state index contributed by atoms with van der Waals surface area (Å²) >= 11 is 0. The molecule has 1 saturated carbocycles. The van der Waals surface area contributed by atoms with Crippen LogP contribution in [-0.4, -0.2) is 30.4 Å². The molecule has 2 N–H and O–H groups in total. The maximum atomic E-state index is 12.7. The molecule has 0 atom stereocenters. The highest BCUT2D eigenvalue weighted by Gasteiger charge is 2.49. The number of carbonyl (C=O) groups excluding carboxylic acids is 1. The van der Waals surface area contributed by atoms with E-state index >= 15 is 0 Å². The zero-order valence-corrected chi connectivity index (χ0v) is 12.2. The molecule has 0 spiro atoms. The SMILES string of the molecule is CC1CC(CN)(C(=O)N2CCCC(C)(C)CC2)C1. The van der Waals surface area contributed by atoms with Crippen LogP contribution in [0.5, 0.6) is 0 Å². The van der Waals surface area contributed by atoms with Crippen molar-refractivity contribution in [3.63, 3.8) is 0 Å². The molecular formula is C15H28N2O. The topological polar surface area (TPSA) is 46.3 Å². The lowest BCUT2D eigenvalue weighted by Crippen LogP contribution is -2.54. The minimum Gasteiger partial charge on any atom is -0.342 e. The summed E-state index contributed by atoms with van der Waals surface area (Å²) in [6, 6.07) is 0. The minimum absolute atomic E-state index is 0.214. The van der Waals surface area contributed by atoms with Gasteiger partial charge in [-0.25, -0.2) is 0 Å². The highest BCUT2D eigenvalue weighted by Crippen LogP contribution is 2.46. The fourth-order valence-electron chi connectivity index (χ4n) is 3.66. The highest BCUT2D eigenvalue weighted by atomic mass is 16.2. The molecule has 1 saturated heterocycles. The predicted octanol–water partition coefficient (Wildman–Crippen LogP) is 2.40. The van der Waals surface area contributed by atoms with Crippen molar-refractivity contribution in [3.05, 3.63) is 0 Å². The van der Waals surface area contributed by atoms with Crippen molar-refractivity contribution < 1.29 is 4.79 Å². The summed E-state index contributed by atoms with van der Waals surface area (Å²) in [4.78, 5) is 14.8. The van der Waals surface area contributed by atoms with E-state index in [1.54, 1.807) is 0 Å². The summed E-state index contributed by atoms with van der Waals surface area (Å²) in [6.45, 7) is 9.21. The van der Waals surface area contributed by atoms with Crippen molar-refractivity contribution in [2.24, 2.45) is 22.5 Å². The number of amides is 1. The van der Waals surface area contributed by atoms with Gasteiger partial charge in [-0.05, 0) is 43.4 Å². The maximum Gasteiger partial charge on any atom is 0.230 e. The largest absolute Gasteiger partial charge is 0.342 e. The van der Waals surface area contributed by atoms with Crippen molar-refractivity contribution in [1.29, 1.82) is 0 Å². The van der Waals surface area contributed by atoms with Gasteiger partial charge in [-0.2, -0.15) is 0 Å². The Balaban J connectivity index is 2.01. The molecule has 18 heavy (non-hydrogen) atoms. The molecule has 0 aromatic carbocycles. The third-order valence-electron chi connectivity index (χ3n) is 4.95. The van der Waals surface area contributed by atoms with Gasteiger partial charge in [0, 0.05) is 19.6 Å². The maximum absolute atomic E-state index is 12.7. The monoisotopic (exact) mass is 252 g/mol. The molecular weight excluding hydrogens is 224 g/mol. The van der Waals surface area contributed by atoms with Gasteiger partial charge in [-0.15, -0.1) is 0 Å². The molecule has 2 aliphatic rings. The Bertz CT molecular complexity index is 318. The molecule has 1 heterocycles. The highest BCUT2D eigenvalue weighted by molar-refractivity contribution is 5.84. The second-order valence-electron chi connectivity index (χ2n) is 7.31. The summed E-state index contributed by atoms with van der Waals surface area (Å²) in [6.07, 6.45) is 5.46. The van der Waals surface area contributed by atoms with Crippen LogP contribution in [0, 0.1) is 16.7 Å². The van der Waals surface area contributed by atoms with E-state index in [9.17, 15) is 4.79 Å². The van der Waals surface area contributed by atoms with Gasteiger partial charge in [-0.3, -0.25) is 4.79 Å². The Morgan fingerprint density at radius 2 is 1.94 bits per heavy atom. The Hall–Kier alpha value is -0.570. The second-order valence-corrected chi connectivity index (χ2v) is 7.31. The Labute approximate surface area is 111 Å². The third-order valence-corrected chi connectivity index (χ3v) is 4.95. The summed E-state index contributed by atoms with van der Waals surface area (Å²) in [5.74, 6) is 1.00. The van der Waals surface area contributed by atoms with Gasteiger partial charge in [0.1, 0.15) is 0 Å². The van der Waals surface area contributed by atoms with Crippen LogP contribution < -0.4 is 5.73 Å². The van der Waals surface area contributed by atoms with Gasteiger partial charge in [0.2, 0.25) is 5.91 Å². The van der Waals surface area contributed by atoms with E-state index in [4.69, 9.17) is 5.73 Å². The van der Waals surface area contributed by atoms with Crippen molar-refractivity contribution in [1.82, 2.24) is 4.90 Å². The Kier molecular flexibility index (Phi) is 3.72. The van der Waals surface area contributed by atoms with Gasteiger partial charge in [0.25, 0.3) is 0 Å². The van der Waals surface area contributed by atoms with Crippen molar-refractivity contribution in [3.8, 4) is 0 Å². The molecule has 1 amide bonds. The smallest absolute Gasteiger partial charge is 0.230 e. The lowest BCUT2D eigenvalue weighted by atomic mass is 9.62. The van der Waals surface area contributed by atoms with E-state index < -0.39 is 0 Å². The molecule has 0 aromatic heterocycles. The molecule has 1 aliphatic carbocycles. The zero-order chi connectivity index (χ0) is 13.4. The number of carbonyl (C=O) groups is 1. The third kappa shape index (κ3) is 2.56. The number of nitrogens with zero attached hydrogens (tertiary/aromatic N) is 1. The van der Waals surface area contributed by atoms with Gasteiger partial charge in [0.05, 0.1) is 5.41 Å². The zero-order valence-electron chi connectivity index (χ0n) is 12.2. The first-order chi connectivity index (χ1) is 8.38. The normalized spacial score (nSPS) is 35.8. The summed E-state index contributed by atoms with van der Waals surface area (Å²) in [5.41, 5.74) is 6.06. The predicted molar refractivity (Wildman–Crippen MR) is 74.1 cm³/mol. The van der Waals surface area contributed by atoms with Gasteiger partial charge in [0.15, 0.2) is 0 Å². The molecule has 104 valence electrons. The van der Waals surface area contributed by atoms with Gasteiger partial charge >= 0.3 is 0 Å². The van der Waals surface area contributed by atoms with Crippen molar-refractivity contribution in [2.45, 2.75) is 52.9 Å². The lowest BCUT2D eigenvalue weighted by molar-refractivity contribution is -0.149. The average molecular weight is 252 g/mol. The minimum atomic E-state index is -0.214. The number of nitrogens with two attached hydrogens (primary N) is 1. The summed E-state index contributed by atoms with van der Waals surface area (Å²) in [5, 5.41) is 0. The van der Waals surface area contributed by atoms with Crippen LogP contribution in [0.3, 0.4) is 0 Å². The Morgan fingerprint density at radius 1 is 1.28 bits per heavy atom. The summed E-state index contributed by atoms with van der Waals surface area (Å²) in [7, 11) is 0. The Morgan fingerprint density at radius 3 is 2.50 bits per heavy atom. The molecule has 3 heteroatoms. The first kappa shape index (κ1) is 13.9. The molecule has 0 unspecified atom stereocenters. The van der Waals surface area contributed by atoms with Crippen LogP contribution in [0.15, 0.2) is 0 Å². The fourth-order valence-corrected chi connectivity index (χ4v) is 3.66. The molecule has 0 aromatic rings. The van der Waals surface area contributed by atoms with Gasteiger partial charge in [-0.1, -0.05) is 20.8 Å². The molecule has 0 radical (unpaired) electrons. The molecule has 2 rings (SSSR count). The number of hydrogen-bond acceptors (Lipinski definition) is 2. The van der Waals surface area contributed by atoms with E-state index in [2.05, 4.69) is 25.7 Å². The molecule has 1 aliphatic heterocycles. The van der Waals surface area contributed by atoms with Crippen LogP contribution in [0.1, 0.15) is 52.9 Å². The van der Waals surface area contributed by atoms with E-state index in [0.29, 0.717) is 23.8 Å². The van der Waals surface area contributed by atoms with Crippen molar-refractivity contribution >= 4 is 5.91 Å². The molecule has 3 nitrogen and oxygen atoms in total. The number of hydrogen-bond donors (Lipinski definition) is 1. The van der Waals surface area contributed by atoms with E-state index in [-0.39, 0.29) is 5.41 Å². The fraction of sp³-hybridized carbons (Fsp3) is 0.933. The molecule has 0 bridgehead atoms. The summed E-state index contributed by atoms with van der Waals surface area (Å²) < 4.78 is 0. The van der Waals surface area contributed by atoms with E-state index in [0.717, 1.165) is 38.8 Å². The van der Waals surface area contributed by atoms with Crippen LogP contribution in [0.2, 0.25) is 0 Å². The lowest BCUT2D eigenvalue weighted by Gasteiger charge is -2.46. The average Bonchev–Trinajstić information content (AvgIpc) is 2.45. The van der Waals surface area contributed by atoms with Crippen LogP contribution in [-0.2, 0) is 4.79 Å². The first-order valence-corrected chi connectivity index (χ1v) is 7.38. The first-order valence-electron chi connectivity index (χ1n) is 7.38. The van der Waals surface area contributed by atoms with Crippen LogP contribution >= 0.6 is 0 Å². The standard InChI is InChI=1S/C15H28N2O/c1-12-9-15(10-12,11-16)13(18)17-7-4-5-14(2,3)6-8-17/h12H,4-11,16H2,1-3H3.